The number of alkyl halides is 3. The maximum absolute atomic E-state index is 14.0. The summed E-state index contributed by atoms with van der Waals surface area (Å²) in [6, 6.07) is 2.78. The molecule has 0 aliphatic carbocycles. The molecule has 1 aromatic carbocycles. The first-order valence-electron chi connectivity index (χ1n) is 7.04. The maximum atomic E-state index is 14.0. The first-order chi connectivity index (χ1) is 11.7. The summed E-state index contributed by atoms with van der Waals surface area (Å²) in [7, 11) is 0. The zero-order valence-corrected chi connectivity index (χ0v) is 12.9. The van der Waals surface area contributed by atoms with Crippen LogP contribution in [-0.2, 0) is 22.3 Å². The van der Waals surface area contributed by atoms with Gasteiger partial charge in [-0.05, 0) is 6.07 Å². The maximum Gasteiger partial charge on any atom is 0.419 e. The minimum absolute atomic E-state index is 0.343. The number of carbonyl (C=O) groups is 2. The third-order valence-corrected chi connectivity index (χ3v) is 3.29. The Balaban J connectivity index is 2.18. The number of benzene rings is 1. The van der Waals surface area contributed by atoms with Crippen molar-refractivity contribution in [3.8, 4) is 0 Å². The summed E-state index contributed by atoms with van der Waals surface area (Å²) >= 11 is 0. The summed E-state index contributed by atoms with van der Waals surface area (Å²) in [5.74, 6) is -2.82. The second kappa shape index (κ2) is 6.91. The van der Waals surface area contributed by atoms with Crippen molar-refractivity contribution in [2.75, 3.05) is 0 Å². The molecule has 2 amide bonds. The number of halogens is 4. The van der Waals surface area contributed by atoms with E-state index in [1.807, 2.05) is 0 Å². The molecule has 1 aliphatic rings. The Morgan fingerprint density at radius 1 is 1.32 bits per heavy atom. The number of hydrogen-bond acceptors (Lipinski definition) is 4. The Morgan fingerprint density at radius 2 is 2.04 bits per heavy atom. The zero-order chi connectivity index (χ0) is 18.7. The van der Waals surface area contributed by atoms with Crippen molar-refractivity contribution in [3.63, 3.8) is 0 Å². The van der Waals surface area contributed by atoms with E-state index in [-0.39, 0.29) is 5.56 Å². The summed E-state index contributed by atoms with van der Waals surface area (Å²) in [6.45, 7) is 0.671. The van der Waals surface area contributed by atoms with Crippen molar-refractivity contribution >= 4 is 18.0 Å². The summed E-state index contributed by atoms with van der Waals surface area (Å²) in [4.78, 5) is 27.4. The third kappa shape index (κ3) is 4.14. The lowest BCUT2D eigenvalue weighted by atomic mass is 10.1. The van der Waals surface area contributed by atoms with Crippen LogP contribution in [0.3, 0.4) is 0 Å². The average Bonchev–Trinajstić information content (AvgIpc) is 2.52. The van der Waals surface area contributed by atoms with Crippen LogP contribution in [0.4, 0.5) is 17.6 Å². The van der Waals surface area contributed by atoms with Crippen LogP contribution < -0.4 is 16.0 Å². The van der Waals surface area contributed by atoms with Gasteiger partial charge in [0.05, 0.1) is 11.8 Å². The first kappa shape index (κ1) is 18.4. The molecule has 1 aromatic rings. The summed E-state index contributed by atoms with van der Waals surface area (Å²) in [6.07, 6.45) is -1.09. The van der Waals surface area contributed by atoms with Crippen LogP contribution >= 0.6 is 0 Å². The lowest BCUT2D eigenvalue weighted by molar-refractivity contribution is -0.140. The van der Waals surface area contributed by atoms with Gasteiger partial charge in [0, 0.05) is 31.4 Å². The lowest BCUT2D eigenvalue weighted by Crippen LogP contribution is -2.67. The van der Waals surface area contributed by atoms with E-state index in [4.69, 9.17) is 0 Å². The third-order valence-electron chi connectivity index (χ3n) is 3.29. The van der Waals surface area contributed by atoms with E-state index in [1.54, 1.807) is 0 Å². The molecule has 1 atom stereocenters. The fourth-order valence-electron chi connectivity index (χ4n) is 2.18. The molecular weight excluding hydrogens is 344 g/mol. The fraction of sp³-hybridized carbons (Fsp3) is 0.267. The highest BCUT2D eigenvalue weighted by Gasteiger charge is 2.38. The van der Waals surface area contributed by atoms with E-state index in [2.05, 4.69) is 20.9 Å². The second-order valence-corrected chi connectivity index (χ2v) is 5.19. The molecule has 3 N–H and O–H groups in total. The molecule has 25 heavy (non-hydrogen) atoms. The monoisotopic (exact) mass is 358 g/mol. The Morgan fingerprint density at radius 3 is 2.60 bits per heavy atom. The van der Waals surface area contributed by atoms with Crippen LogP contribution in [0.2, 0.25) is 0 Å². The van der Waals surface area contributed by atoms with Gasteiger partial charge in [-0.2, -0.15) is 13.2 Å². The van der Waals surface area contributed by atoms with Crippen LogP contribution in [0.5, 0.6) is 0 Å². The molecule has 134 valence electrons. The number of aliphatic imine (C=N–C) groups is 1. The minimum Gasteiger partial charge on any atom is -0.355 e. The van der Waals surface area contributed by atoms with E-state index in [1.165, 1.54) is 19.3 Å². The van der Waals surface area contributed by atoms with Crippen molar-refractivity contribution in [2.45, 2.75) is 25.3 Å². The second-order valence-electron chi connectivity index (χ2n) is 5.19. The van der Waals surface area contributed by atoms with Crippen molar-refractivity contribution in [1.82, 2.24) is 16.0 Å². The Hall–Kier alpha value is -2.91. The molecular formula is C15H14F4N4O2. The van der Waals surface area contributed by atoms with Crippen LogP contribution in [-0.4, -0.2) is 23.7 Å². The molecule has 0 saturated carbocycles. The molecule has 0 bridgehead atoms. The van der Waals surface area contributed by atoms with Crippen LogP contribution in [0.1, 0.15) is 18.1 Å². The summed E-state index contributed by atoms with van der Waals surface area (Å²) < 4.78 is 52.1. The number of hydrogen-bond donors (Lipinski definition) is 3. The topological polar surface area (TPSA) is 82.6 Å². The molecule has 1 unspecified atom stereocenters. The van der Waals surface area contributed by atoms with Crippen LogP contribution in [0.15, 0.2) is 35.6 Å². The normalized spacial score (nSPS) is 19.2. The molecule has 1 heterocycles. The molecule has 10 heteroatoms. The van der Waals surface area contributed by atoms with E-state index < -0.39 is 41.6 Å². The highest BCUT2D eigenvalue weighted by molar-refractivity contribution is 6.06. The number of amides is 2. The standard InChI is InChI=1S/C15H14F4N4O2/c1-9(24)23-14(8-20-5-6-22-14)13(25)21-7-10-3-2-4-11(12(10)16)15(17,18)19/h2-6,8,22H,7H2,1H3,(H,21,25)(H,23,24). The predicted molar refractivity (Wildman–Crippen MR) is 80.6 cm³/mol. The number of carbonyl (C=O) groups excluding carboxylic acids is 2. The van der Waals surface area contributed by atoms with Gasteiger partial charge in [-0.3, -0.25) is 14.6 Å². The number of rotatable bonds is 4. The SMILES string of the molecule is CC(=O)NC1(C(=O)NCc2cccc(C(F)(F)F)c2F)C=NC=CN1. The van der Waals surface area contributed by atoms with Gasteiger partial charge in [-0.1, -0.05) is 12.1 Å². The molecule has 0 aromatic heterocycles. The fourth-order valence-corrected chi connectivity index (χ4v) is 2.18. The molecule has 0 spiro atoms. The van der Waals surface area contributed by atoms with Crippen molar-refractivity contribution in [2.24, 2.45) is 4.99 Å². The lowest BCUT2D eigenvalue weighted by Gasteiger charge is -2.30. The van der Waals surface area contributed by atoms with Crippen molar-refractivity contribution in [3.05, 3.63) is 47.5 Å². The van der Waals surface area contributed by atoms with Gasteiger partial charge in [0.2, 0.25) is 11.6 Å². The van der Waals surface area contributed by atoms with Gasteiger partial charge >= 0.3 is 6.18 Å². The molecule has 6 nitrogen and oxygen atoms in total. The van der Waals surface area contributed by atoms with E-state index in [0.717, 1.165) is 18.3 Å². The van der Waals surface area contributed by atoms with E-state index in [0.29, 0.717) is 6.07 Å². The van der Waals surface area contributed by atoms with E-state index in [9.17, 15) is 27.2 Å². The molecule has 0 saturated heterocycles. The smallest absolute Gasteiger partial charge is 0.355 e. The van der Waals surface area contributed by atoms with Gasteiger partial charge < -0.3 is 16.0 Å². The average molecular weight is 358 g/mol. The van der Waals surface area contributed by atoms with Gasteiger partial charge in [0.1, 0.15) is 5.82 Å². The summed E-state index contributed by atoms with van der Waals surface area (Å²) in [5, 5.41) is 7.23. The van der Waals surface area contributed by atoms with Crippen molar-refractivity contribution in [1.29, 1.82) is 0 Å². The largest absolute Gasteiger partial charge is 0.419 e. The highest BCUT2D eigenvalue weighted by Crippen LogP contribution is 2.32. The van der Waals surface area contributed by atoms with Crippen LogP contribution in [0.25, 0.3) is 0 Å². The van der Waals surface area contributed by atoms with Gasteiger partial charge in [0.25, 0.3) is 5.91 Å². The Bertz CT molecular complexity index is 746. The highest BCUT2D eigenvalue weighted by atomic mass is 19.4. The first-order valence-corrected chi connectivity index (χ1v) is 7.04. The molecule has 0 radical (unpaired) electrons. The Kier molecular flexibility index (Phi) is 5.10. The molecule has 0 fully saturated rings. The number of nitrogens with one attached hydrogen (secondary N) is 3. The number of nitrogens with zero attached hydrogens (tertiary/aromatic N) is 1. The quantitative estimate of drug-likeness (QED) is 0.713. The van der Waals surface area contributed by atoms with Gasteiger partial charge in [-0.15, -0.1) is 0 Å². The van der Waals surface area contributed by atoms with Gasteiger partial charge in [0.15, 0.2) is 0 Å². The predicted octanol–water partition coefficient (Wildman–Crippen LogP) is 1.44. The molecule has 1 aliphatic heterocycles. The van der Waals surface area contributed by atoms with Crippen molar-refractivity contribution < 1.29 is 27.2 Å². The Labute approximate surface area is 140 Å². The summed E-state index contributed by atoms with van der Waals surface area (Å²) in [5.41, 5.74) is -3.47. The molecule has 2 rings (SSSR count). The zero-order valence-electron chi connectivity index (χ0n) is 12.9. The van der Waals surface area contributed by atoms with Gasteiger partial charge in [-0.25, -0.2) is 4.39 Å². The van der Waals surface area contributed by atoms with E-state index >= 15 is 0 Å². The van der Waals surface area contributed by atoms with Crippen LogP contribution in [0, 0.1) is 5.82 Å². The minimum atomic E-state index is -4.84.